The fourth-order valence-corrected chi connectivity index (χ4v) is 2.85. The van der Waals surface area contributed by atoms with Crippen LogP contribution in [0.4, 0.5) is 0 Å². The van der Waals surface area contributed by atoms with Gasteiger partial charge in [0.05, 0.1) is 11.3 Å². The molecule has 7 nitrogen and oxygen atoms in total. The summed E-state index contributed by atoms with van der Waals surface area (Å²) < 4.78 is 1.83. The molecule has 0 spiro atoms. The van der Waals surface area contributed by atoms with E-state index in [1.54, 1.807) is 0 Å². The van der Waals surface area contributed by atoms with Crippen LogP contribution in [0.1, 0.15) is 39.4 Å². The smallest absolute Gasteiger partial charge is 0.313 e. The molecule has 1 aromatic rings. The van der Waals surface area contributed by atoms with Crippen molar-refractivity contribution in [1.82, 2.24) is 14.8 Å². The minimum Gasteiger partial charge on any atom is -0.481 e. The molecule has 0 aliphatic carbocycles. The van der Waals surface area contributed by atoms with Gasteiger partial charge in [0.25, 0.3) is 0 Å². The van der Waals surface area contributed by atoms with Crippen molar-refractivity contribution in [3.8, 4) is 0 Å². The number of aliphatic carboxylic acids is 1. The van der Waals surface area contributed by atoms with Gasteiger partial charge in [-0.15, -0.1) is 10.2 Å². The number of amides is 1. The van der Waals surface area contributed by atoms with E-state index in [0.717, 1.165) is 24.0 Å². The summed E-state index contributed by atoms with van der Waals surface area (Å²) >= 11 is 1.09. The molecule has 0 atom stereocenters. The molecule has 8 heteroatoms. The van der Waals surface area contributed by atoms with Gasteiger partial charge in [0.15, 0.2) is 5.16 Å². The maximum absolute atomic E-state index is 11.2. The lowest BCUT2D eigenvalue weighted by atomic mass is 9.99. The molecule has 1 rings (SSSR count). The van der Waals surface area contributed by atoms with Crippen LogP contribution in [-0.4, -0.2) is 37.5 Å². The van der Waals surface area contributed by atoms with Gasteiger partial charge in [0.2, 0.25) is 5.91 Å². The number of thioether (sulfide) groups is 1. The molecule has 0 saturated heterocycles. The van der Waals surface area contributed by atoms with Crippen LogP contribution in [-0.2, 0) is 21.5 Å². The quantitative estimate of drug-likeness (QED) is 0.693. The summed E-state index contributed by atoms with van der Waals surface area (Å²) in [6.07, 6.45) is 1.74. The zero-order valence-electron chi connectivity index (χ0n) is 11.9. The van der Waals surface area contributed by atoms with Gasteiger partial charge in [0, 0.05) is 12.8 Å². The van der Waals surface area contributed by atoms with E-state index in [9.17, 15) is 9.59 Å². The van der Waals surface area contributed by atoms with Crippen molar-refractivity contribution >= 4 is 23.6 Å². The van der Waals surface area contributed by atoms with E-state index in [2.05, 4.69) is 10.2 Å². The van der Waals surface area contributed by atoms with Gasteiger partial charge in [-0.25, -0.2) is 0 Å². The Balaban J connectivity index is 3.13. The minimum absolute atomic E-state index is 0.100. The number of carbonyl (C=O) groups is 2. The molecule has 0 saturated carbocycles. The summed E-state index contributed by atoms with van der Waals surface area (Å²) in [5, 5.41) is 17.4. The molecule has 0 aliphatic heterocycles. The average molecular weight is 300 g/mol. The number of carboxylic acid groups (broad SMARTS) is 1. The molecule has 1 aromatic heterocycles. The van der Waals surface area contributed by atoms with Gasteiger partial charge >= 0.3 is 5.97 Å². The van der Waals surface area contributed by atoms with E-state index in [4.69, 9.17) is 10.8 Å². The highest BCUT2D eigenvalue weighted by Gasteiger charge is 2.29. The molecular weight excluding hydrogens is 280 g/mol. The van der Waals surface area contributed by atoms with Gasteiger partial charge in [-0.05, 0) is 20.3 Å². The van der Waals surface area contributed by atoms with Crippen molar-refractivity contribution < 1.29 is 14.7 Å². The number of nitrogens with two attached hydrogens (primary N) is 1. The highest BCUT2D eigenvalue weighted by Crippen LogP contribution is 2.28. The Hall–Kier alpha value is -1.57. The second-order valence-electron chi connectivity index (χ2n) is 5.12. The number of aryl methyl sites for hydroxylation is 1. The number of rotatable bonds is 8. The average Bonchev–Trinajstić information content (AvgIpc) is 2.69. The summed E-state index contributed by atoms with van der Waals surface area (Å²) in [5.74, 6) is -0.696. The third-order valence-electron chi connectivity index (χ3n) is 2.71. The number of nitrogens with zero attached hydrogens (tertiary/aromatic N) is 3. The molecule has 1 heterocycles. The topological polar surface area (TPSA) is 111 Å². The van der Waals surface area contributed by atoms with Crippen molar-refractivity contribution in [2.75, 3.05) is 5.75 Å². The standard InChI is InChI=1S/C12H20N4O3S/c1-4-5-9-14-15-11(20-7-10(18)19)16(9)12(2,3)6-8(13)17/h4-7H2,1-3H3,(H2,13,17)(H,18,19). The Bertz CT molecular complexity index is 499. The Kier molecular flexibility index (Phi) is 5.55. The second-order valence-corrected chi connectivity index (χ2v) is 6.06. The summed E-state index contributed by atoms with van der Waals surface area (Å²) in [6, 6.07) is 0. The molecule has 1 amide bonds. The largest absolute Gasteiger partial charge is 0.481 e. The fraction of sp³-hybridized carbons (Fsp3) is 0.667. The molecule has 3 N–H and O–H groups in total. The summed E-state index contributed by atoms with van der Waals surface area (Å²) in [4.78, 5) is 21.9. The van der Waals surface area contributed by atoms with Gasteiger partial charge in [0.1, 0.15) is 5.82 Å². The van der Waals surface area contributed by atoms with Crippen molar-refractivity contribution in [3.63, 3.8) is 0 Å². The Morgan fingerprint density at radius 1 is 1.40 bits per heavy atom. The first kappa shape index (κ1) is 16.5. The highest BCUT2D eigenvalue weighted by atomic mass is 32.2. The normalized spacial score (nSPS) is 11.6. The molecule has 20 heavy (non-hydrogen) atoms. The molecule has 0 radical (unpaired) electrons. The predicted molar refractivity (Wildman–Crippen MR) is 75.5 cm³/mol. The lowest BCUT2D eigenvalue weighted by Crippen LogP contribution is -2.34. The van der Waals surface area contributed by atoms with Crippen LogP contribution in [0, 0.1) is 0 Å². The summed E-state index contributed by atoms with van der Waals surface area (Å²) in [7, 11) is 0. The van der Waals surface area contributed by atoms with Crippen LogP contribution >= 0.6 is 11.8 Å². The van der Waals surface area contributed by atoms with Crippen molar-refractivity contribution in [2.45, 2.75) is 50.7 Å². The maximum Gasteiger partial charge on any atom is 0.313 e. The Morgan fingerprint density at radius 2 is 2.05 bits per heavy atom. The van der Waals surface area contributed by atoms with E-state index in [1.807, 2.05) is 25.3 Å². The number of carboxylic acids is 1. The monoisotopic (exact) mass is 300 g/mol. The van der Waals surface area contributed by atoms with Crippen LogP contribution in [0.25, 0.3) is 0 Å². The lowest BCUT2D eigenvalue weighted by molar-refractivity contribution is -0.134. The van der Waals surface area contributed by atoms with Crippen LogP contribution < -0.4 is 5.73 Å². The van der Waals surface area contributed by atoms with E-state index in [1.165, 1.54) is 0 Å². The van der Waals surface area contributed by atoms with Gasteiger partial charge < -0.3 is 10.8 Å². The Labute approximate surface area is 121 Å². The van der Waals surface area contributed by atoms with E-state index >= 15 is 0 Å². The zero-order valence-corrected chi connectivity index (χ0v) is 12.7. The molecule has 112 valence electrons. The zero-order chi connectivity index (χ0) is 15.3. The number of hydrogen-bond acceptors (Lipinski definition) is 5. The van der Waals surface area contributed by atoms with Crippen molar-refractivity contribution in [3.05, 3.63) is 5.82 Å². The van der Waals surface area contributed by atoms with Gasteiger partial charge in [-0.3, -0.25) is 14.2 Å². The van der Waals surface area contributed by atoms with Crippen molar-refractivity contribution in [2.24, 2.45) is 5.73 Å². The summed E-state index contributed by atoms with van der Waals surface area (Å²) in [6.45, 7) is 5.75. The van der Waals surface area contributed by atoms with E-state index < -0.39 is 17.4 Å². The molecule has 0 fully saturated rings. The maximum atomic E-state index is 11.2. The third kappa shape index (κ3) is 4.22. The third-order valence-corrected chi connectivity index (χ3v) is 3.62. The molecule has 0 unspecified atom stereocenters. The fourth-order valence-electron chi connectivity index (χ4n) is 2.02. The molecule has 0 bridgehead atoms. The molecule has 0 aromatic carbocycles. The first-order valence-electron chi connectivity index (χ1n) is 6.35. The first-order chi connectivity index (χ1) is 9.27. The highest BCUT2D eigenvalue weighted by molar-refractivity contribution is 7.99. The lowest BCUT2D eigenvalue weighted by Gasteiger charge is -2.28. The minimum atomic E-state index is -0.922. The van der Waals surface area contributed by atoms with Gasteiger partial charge in [-0.2, -0.15) is 0 Å². The number of hydrogen-bond donors (Lipinski definition) is 2. The van der Waals surface area contributed by atoms with Crippen LogP contribution in [0.15, 0.2) is 5.16 Å². The van der Waals surface area contributed by atoms with Crippen LogP contribution in [0.5, 0.6) is 0 Å². The molecule has 0 aliphatic rings. The van der Waals surface area contributed by atoms with E-state index in [-0.39, 0.29) is 12.2 Å². The summed E-state index contributed by atoms with van der Waals surface area (Å²) in [5.41, 5.74) is 4.70. The number of carbonyl (C=O) groups excluding carboxylic acids is 1. The SMILES string of the molecule is CCCc1nnc(SCC(=O)O)n1C(C)(C)CC(N)=O. The van der Waals surface area contributed by atoms with Gasteiger partial charge in [-0.1, -0.05) is 18.7 Å². The van der Waals surface area contributed by atoms with Crippen LogP contribution in [0.2, 0.25) is 0 Å². The number of aromatic nitrogens is 3. The predicted octanol–water partition coefficient (Wildman–Crippen LogP) is 1.02. The molecular formula is C12H20N4O3S. The van der Waals surface area contributed by atoms with Crippen LogP contribution in [0.3, 0.4) is 0 Å². The van der Waals surface area contributed by atoms with E-state index in [0.29, 0.717) is 11.6 Å². The number of primary amides is 1. The second kappa shape index (κ2) is 6.74. The van der Waals surface area contributed by atoms with Crippen molar-refractivity contribution in [1.29, 1.82) is 0 Å². The Morgan fingerprint density at radius 3 is 2.55 bits per heavy atom. The first-order valence-corrected chi connectivity index (χ1v) is 7.34.